The van der Waals surface area contributed by atoms with Gasteiger partial charge in [-0.3, -0.25) is 0 Å². The largest absolute Gasteiger partial charge is 0.478 e. The van der Waals surface area contributed by atoms with Gasteiger partial charge in [-0.1, -0.05) is 24.3 Å². The maximum atomic E-state index is 13.8. The van der Waals surface area contributed by atoms with Crippen LogP contribution < -0.4 is 0 Å². The van der Waals surface area contributed by atoms with Crippen molar-refractivity contribution in [3.05, 3.63) is 72.2 Å². The fourth-order valence-corrected chi connectivity index (χ4v) is 2.08. The van der Waals surface area contributed by atoms with Gasteiger partial charge in [0.2, 0.25) is 0 Å². The molecule has 0 aliphatic heterocycles. The van der Waals surface area contributed by atoms with Crippen LogP contribution in [0.2, 0.25) is 0 Å². The highest BCUT2D eigenvalue weighted by atomic mass is 19.1. The zero-order chi connectivity index (χ0) is 15.5. The van der Waals surface area contributed by atoms with E-state index in [4.69, 9.17) is 5.11 Å². The number of carboxylic acids is 1. The first-order chi connectivity index (χ1) is 10.6. The Morgan fingerprint density at radius 2 is 1.73 bits per heavy atom. The number of carboxylic acid groups (broad SMARTS) is 1. The second kappa shape index (κ2) is 5.73. The molecule has 108 valence electrons. The van der Waals surface area contributed by atoms with Gasteiger partial charge in [-0.05, 0) is 30.3 Å². The Morgan fingerprint density at radius 3 is 2.41 bits per heavy atom. The first-order valence-corrected chi connectivity index (χ1v) is 6.57. The quantitative estimate of drug-likeness (QED) is 0.801. The molecule has 0 aliphatic carbocycles. The van der Waals surface area contributed by atoms with Gasteiger partial charge in [0, 0.05) is 11.8 Å². The van der Waals surface area contributed by atoms with Crippen molar-refractivity contribution >= 4 is 5.97 Å². The number of rotatable bonds is 3. The molecule has 0 amide bonds. The summed E-state index contributed by atoms with van der Waals surface area (Å²) in [5.41, 5.74) is 1.87. The predicted molar refractivity (Wildman–Crippen MR) is 79.8 cm³/mol. The number of hydrogen-bond acceptors (Lipinski definition) is 3. The summed E-state index contributed by atoms with van der Waals surface area (Å²) in [5.74, 6) is -1.08. The van der Waals surface area contributed by atoms with E-state index in [9.17, 15) is 9.18 Å². The van der Waals surface area contributed by atoms with Crippen molar-refractivity contribution in [3.63, 3.8) is 0 Å². The third kappa shape index (κ3) is 2.69. The van der Waals surface area contributed by atoms with Crippen LogP contribution in [0.4, 0.5) is 4.39 Å². The standard InChI is InChI=1S/C17H11FN2O2/c18-14-4-2-1-3-13(14)16-19-10-9-15(20-16)11-5-7-12(8-6-11)17(21)22/h1-10H,(H,21,22). The topological polar surface area (TPSA) is 63.1 Å². The van der Waals surface area contributed by atoms with Crippen LogP contribution in [0.5, 0.6) is 0 Å². The molecule has 3 aromatic rings. The fourth-order valence-electron chi connectivity index (χ4n) is 2.08. The Balaban J connectivity index is 2.01. The van der Waals surface area contributed by atoms with Gasteiger partial charge >= 0.3 is 5.97 Å². The van der Waals surface area contributed by atoms with Crippen molar-refractivity contribution in [2.45, 2.75) is 0 Å². The molecule has 1 N–H and O–H groups in total. The van der Waals surface area contributed by atoms with Crippen LogP contribution in [0.3, 0.4) is 0 Å². The SMILES string of the molecule is O=C(O)c1ccc(-c2ccnc(-c3ccccc3F)n2)cc1. The van der Waals surface area contributed by atoms with Crippen LogP contribution in [0.15, 0.2) is 60.8 Å². The Hall–Kier alpha value is -3.08. The maximum absolute atomic E-state index is 13.8. The molecule has 5 heteroatoms. The summed E-state index contributed by atoms with van der Waals surface area (Å²) in [5, 5.41) is 8.90. The van der Waals surface area contributed by atoms with E-state index in [1.54, 1.807) is 42.6 Å². The zero-order valence-corrected chi connectivity index (χ0v) is 11.4. The highest BCUT2D eigenvalue weighted by Crippen LogP contribution is 2.23. The van der Waals surface area contributed by atoms with Gasteiger partial charge < -0.3 is 5.11 Å². The van der Waals surface area contributed by atoms with E-state index in [1.165, 1.54) is 18.2 Å². The van der Waals surface area contributed by atoms with Crippen molar-refractivity contribution in [1.29, 1.82) is 0 Å². The third-order valence-electron chi connectivity index (χ3n) is 3.20. The summed E-state index contributed by atoms with van der Waals surface area (Å²) in [4.78, 5) is 19.3. The van der Waals surface area contributed by atoms with Gasteiger partial charge in [-0.25, -0.2) is 19.2 Å². The number of aromatic carboxylic acids is 1. The average Bonchev–Trinajstić information content (AvgIpc) is 2.55. The molecule has 0 aliphatic rings. The van der Waals surface area contributed by atoms with E-state index in [0.717, 1.165) is 5.56 Å². The summed E-state index contributed by atoms with van der Waals surface area (Å²) >= 11 is 0. The van der Waals surface area contributed by atoms with Crippen LogP contribution >= 0.6 is 0 Å². The van der Waals surface area contributed by atoms with Crippen LogP contribution in [0.1, 0.15) is 10.4 Å². The lowest BCUT2D eigenvalue weighted by molar-refractivity contribution is 0.0697. The lowest BCUT2D eigenvalue weighted by atomic mass is 10.1. The summed E-state index contributed by atoms with van der Waals surface area (Å²) in [7, 11) is 0. The molecule has 0 radical (unpaired) electrons. The molecule has 0 spiro atoms. The van der Waals surface area contributed by atoms with Gasteiger partial charge in [-0.2, -0.15) is 0 Å². The molecule has 0 saturated heterocycles. The lowest BCUT2D eigenvalue weighted by Gasteiger charge is -2.05. The summed E-state index contributed by atoms with van der Waals surface area (Å²) < 4.78 is 13.8. The van der Waals surface area contributed by atoms with Gasteiger partial charge in [0.05, 0.1) is 16.8 Å². The van der Waals surface area contributed by atoms with Crippen molar-refractivity contribution < 1.29 is 14.3 Å². The predicted octanol–water partition coefficient (Wildman–Crippen LogP) is 3.65. The van der Waals surface area contributed by atoms with Gasteiger partial charge in [0.15, 0.2) is 5.82 Å². The highest BCUT2D eigenvalue weighted by molar-refractivity contribution is 5.88. The fraction of sp³-hybridized carbons (Fsp3) is 0. The van der Waals surface area contributed by atoms with Gasteiger partial charge in [-0.15, -0.1) is 0 Å². The molecular formula is C17H11FN2O2. The molecular weight excluding hydrogens is 283 g/mol. The molecule has 4 nitrogen and oxygen atoms in total. The van der Waals surface area contributed by atoms with E-state index in [2.05, 4.69) is 9.97 Å². The smallest absolute Gasteiger partial charge is 0.335 e. The minimum absolute atomic E-state index is 0.201. The molecule has 0 bridgehead atoms. The van der Waals surface area contributed by atoms with Crippen molar-refractivity contribution in [1.82, 2.24) is 9.97 Å². The van der Waals surface area contributed by atoms with Crippen molar-refractivity contribution in [3.8, 4) is 22.6 Å². The summed E-state index contributed by atoms with van der Waals surface area (Å²) in [6, 6.07) is 14.3. The Labute approximate surface area is 125 Å². The van der Waals surface area contributed by atoms with E-state index in [0.29, 0.717) is 11.3 Å². The van der Waals surface area contributed by atoms with Crippen LogP contribution in [-0.2, 0) is 0 Å². The molecule has 0 atom stereocenters. The second-order valence-corrected chi connectivity index (χ2v) is 4.63. The highest BCUT2D eigenvalue weighted by Gasteiger charge is 2.09. The van der Waals surface area contributed by atoms with Crippen molar-refractivity contribution in [2.75, 3.05) is 0 Å². The van der Waals surface area contributed by atoms with Crippen LogP contribution in [-0.4, -0.2) is 21.0 Å². The minimum atomic E-state index is -0.985. The van der Waals surface area contributed by atoms with Crippen LogP contribution in [0.25, 0.3) is 22.6 Å². The van der Waals surface area contributed by atoms with Crippen molar-refractivity contribution in [2.24, 2.45) is 0 Å². The Morgan fingerprint density at radius 1 is 1.00 bits per heavy atom. The normalized spacial score (nSPS) is 10.4. The summed E-state index contributed by atoms with van der Waals surface area (Å²) in [6.07, 6.45) is 1.55. The van der Waals surface area contributed by atoms with E-state index < -0.39 is 5.97 Å². The minimum Gasteiger partial charge on any atom is -0.478 e. The maximum Gasteiger partial charge on any atom is 0.335 e. The third-order valence-corrected chi connectivity index (χ3v) is 3.20. The second-order valence-electron chi connectivity index (χ2n) is 4.63. The van der Waals surface area contributed by atoms with E-state index >= 15 is 0 Å². The molecule has 3 rings (SSSR count). The average molecular weight is 294 g/mol. The number of carbonyl (C=O) groups is 1. The monoisotopic (exact) mass is 294 g/mol. The molecule has 0 fully saturated rings. The molecule has 0 saturated carbocycles. The summed E-state index contributed by atoms with van der Waals surface area (Å²) in [6.45, 7) is 0. The van der Waals surface area contributed by atoms with Gasteiger partial charge in [0.1, 0.15) is 5.82 Å². The van der Waals surface area contributed by atoms with Crippen LogP contribution in [0, 0.1) is 5.82 Å². The zero-order valence-electron chi connectivity index (χ0n) is 11.4. The molecule has 0 unspecified atom stereocenters. The molecule has 22 heavy (non-hydrogen) atoms. The Kier molecular flexibility index (Phi) is 3.62. The number of aromatic nitrogens is 2. The number of nitrogens with zero attached hydrogens (tertiary/aromatic N) is 2. The first-order valence-electron chi connectivity index (χ1n) is 6.57. The van der Waals surface area contributed by atoms with Gasteiger partial charge in [0.25, 0.3) is 0 Å². The number of halogens is 1. The molecule has 1 heterocycles. The number of hydrogen-bond donors (Lipinski definition) is 1. The van der Waals surface area contributed by atoms with E-state index in [-0.39, 0.29) is 17.2 Å². The first kappa shape index (κ1) is 13.9. The molecule has 1 aromatic heterocycles. The molecule has 2 aromatic carbocycles. The Bertz CT molecular complexity index is 832. The van der Waals surface area contributed by atoms with E-state index in [1.807, 2.05) is 0 Å². The number of benzene rings is 2. The lowest BCUT2D eigenvalue weighted by Crippen LogP contribution is -1.96.